The molecule has 1 aliphatic rings. The molecule has 2 heteroatoms. The van der Waals surface area contributed by atoms with E-state index in [9.17, 15) is 4.79 Å². The van der Waals surface area contributed by atoms with E-state index in [0.29, 0.717) is 12.5 Å². The molecule has 1 aromatic rings. The third-order valence-electron chi connectivity index (χ3n) is 3.95. The van der Waals surface area contributed by atoms with Crippen molar-refractivity contribution in [3.63, 3.8) is 0 Å². The summed E-state index contributed by atoms with van der Waals surface area (Å²) in [5.41, 5.74) is 2.10. The van der Waals surface area contributed by atoms with Crippen LogP contribution in [0.1, 0.15) is 56.3 Å². The Balaban J connectivity index is 2.13. The zero-order chi connectivity index (χ0) is 13.0. The van der Waals surface area contributed by atoms with Crippen LogP contribution in [0.5, 0.6) is 0 Å². The highest BCUT2D eigenvalue weighted by molar-refractivity contribution is 5.96. The fraction of sp³-hybridized carbons (Fsp3) is 0.562. The van der Waals surface area contributed by atoms with E-state index < -0.39 is 0 Å². The normalized spacial score (nSPS) is 15.9. The molecule has 2 nitrogen and oxygen atoms in total. The molecule has 1 saturated carbocycles. The number of hydrogen-bond acceptors (Lipinski definition) is 2. The molecule has 0 amide bonds. The number of benzene rings is 1. The SMILES string of the molecule is CCC(=O)c1ccc(N(CC)C2CCCC2)cc1. The second kappa shape index (κ2) is 6.03. The van der Waals surface area contributed by atoms with Crippen molar-refractivity contribution in [2.75, 3.05) is 11.4 Å². The summed E-state index contributed by atoms with van der Waals surface area (Å²) in [5.74, 6) is 0.227. The summed E-state index contributed by atoms with van der Waals surface area (Å²) in [7, 11) is 0. The van der Waals surface area contributed by atoms with Gasteiger partial charge in [-0.25, -0.2) is 0 Å². The first-order valence-electron chi connectivity index (χ1n) is 7.16. The van der Waals surface area contributed by atoms with Crippen molar-refractivity contribution in [2.45, 2.75) is 52.0 Å². The lowest BCUT2D eigenvalue weighted by Gasteiger charge is -2.30. The highest BCUT2D eigenvalue weighted by Gasteiger charge is 2.21. The highest BCUT2D eigenvalue weighted by Crippen LogP contribution is 2.28. The van der Waals surface area contributed by atoms with E-state index >= 15 is 0 Å². The Morgan fingerprint density at radius 1 is 1.17 bits per heavy atom. The summed E-state index contributed by atoms with van der Waals surface area (Å²) in [6.07, 6.45) is 5.91. The molecule has 2 rings (SSSR count). The summed E-state index contributed by atoms with van der Waals surface area (Å²) in [6.45, 7) is 5.17. The molecule has 1 aliphatic carbocycles. The quantitative estimate of drug-likeness (QED) is 0.729. The molecular formula is C16H23NO. The third-order valence-corrected chi connectivity index (χ3v) is 3.95. The van der Waals surface area contributed by atoms with Crippen LogP contribution in [0.25, 0.3) is 0 Å². The number of carbonyl (C=O) groups is 1. The maximum atomic E-state index is 11.6. The molecule has 1 fully saturated rings. The minimum atomic E-state index is 0.227. The van der Waals surface area contributed by atoms with E-state index in [1.165, 1.54) is 31.4 Å². The van der Waals surface area contributed by atoms with E-state index in [0.717, 1.165) is 12.1 Å². The van der Waals surface area contributed by atoms with Gasteiger partial charge < -0.3 is 4.90 Å². The molecule has 0 aromatic heterocycles. The lowest BCUT2D eigenvalue weighted by atomic mass is 10.1. The van der Waals surface area contributed by atoms with Gasteiger partial charge in [-0.15, -0.1) is 0 Å². The zero-order valence-corrected chi connectivity index (χ0v) is 11.5. The van der Waals surface area contributed by atoms with Crippen LogP contribution in [-0.2, 0) is 0 Å². The summed E-state index contributed by atoms with van der Waals surface area (Å²) in [5, 5.41) is 0. The molecule has 0 atom stereocenters. The molecule has 0 spiro atoms. The van der Waals surface area contributed by atoms with E-state index in [1.54, 1.807) is 0 Å². The van der Waals surface area contributed by atoms with Crippen LogP contribution < -0.4 is 4.90 Å². The minimum absolute atomic E-state index is 0.227. The van der Waals surface area contributed by atoms with Gasteiger partial charge >= 0.3 is 0 Å². The largest absolute Gasteiger partial charge is 0.369 e. The number of rotatable bonds is 5. The molecular weight excluding hydrogens is 222 g/mol. The zero-order valence-electron chi connectivity index (χ0n) is 11.5. The Bertz CT molecular complexity index is 390. The molecule has 0 N–H and O–H groups in total. The lowest BCUT2D eigenvalue weighted by Crippen LogP contribution is -2.32. The van der Waals surface area contributed by atoms with Gasteiger partial charge in [0.1, 0.15) is 0 Å². The summed E-state index contributed by atoms with van der Waals surface area (Å²) >= 11 is 0. The number of Topliss-reactive ketones (excluding diaryl/α,β-unsaturated/α-hetero) is 1. The van der Waals surface area contributed by atoms with Crippen molar-refractivity contribution < 1.29 is 4.79 Å². The minimum Gasteiger partial charge on any atom is -0.369 e. The monoisotopic (exact) mass is 245 g/mol. The second-order valence-corrected chi connectivity index (χ2v) is 5.05. The van der Waals surface area contributed by atoms with Gasteiger partial charge in [0.05, 0.1) is 0 Å². The number of ketones is 1. The van der Waals surface area contributed by atoms with Crippen LogP contribution in [0.4, 0.5) is 5.69 Å². The highest BCUT2D eigenvalue weighted by atomic mass is 16.1. The predicted octanol–water partition coefficient (Wildman–Crippen LogP) is 4.05. The molecule has 0 aliphatic heterocycles. The molecule has 0 radical (unpaired) electrons. The van der Waals surface area contributed by atoms with Gasteiger partial charge in [0.25, 0.3) is 0 Å². The maximum Gasteiger partial charge on any atom is 0.162 e. The van der Waals surface area contributed by atoms with Gasteiger partial charge in [0.15, 0.2) is 5.78 Å². The van der Waals surface area contributed by atoms with Gasteiger partial charge in [-0.05, 0) is 44.0 Å². The number of nitrogens with zero attached hydrogens (tertiary/aromatic N) is 1. The average molecular weight is 245 g/mol. The molecule has 0 unspecified atom stereocenters. The molecule has 0 saturated heterocycles. The summed E-state index contributed by atoms with van der Waals surface area (Å²) in [4.78, 5) is 14.1. The lowest BCUT2D eigenvalue weighted by molar-refractivity contribution is 0.0988. The fourth-order valence-corrected chi connectivity index (χ4v) is 2.91. The average Bonchev–Trinajstić information content (AvgIpc) is 2.93. The van der Waals surface area contributed by atoms with Crippen molar-refractivity contribution in [3.05, 3.63) is 29.8 Å². The Hall–Kier alpha value is -1.31. The van der Waals surface area contributed by atoms with Crippen molar-refractivity contribution >= 4 is 11.5 Å². The van der Waals surface area contributed by atoms with E-state index in [1.807, 2.05) is 19.1 Å². The Morgan fingerprint density at radius 2 is 1.78 bits per heavy atom. The molecule has 1 aromatic carbocycles. The Labute approximate surface area is 110 Å². The van der Waals surface area contributed by atoms with E-state index in [4.69, 9.17) is 0 Å². The smallest absolute Gasteiger partial charge is 0.162 e. The maximum absolute atomic E-state index is 11.6. The summed E-state index contributed by atoms with van der Waals surface area (Å²) < 4.78 is 0. The van der Waals surface area contributed by atoms with Crippen molar-refractivity contribution in [1.82, 2.24) is 0 Å². The van der Waals surface area contributed by atoms with Crippen LogP contribution in [0.15, 0.2) is 24.3 Å². The third kappa shape index (κ3) is 2.74. The van der Waals surface area contributed by atoms with Crippen LogP contribution in [-0.4, -0.2) is 18.4 Å². The first-order valence-corrected chi connectivity index (χ1v) is 7.16. The molecule has 0 heterocycles. The van der Waals surface area contributed by atoms with Gasteiger partial charge in [-0.1, -0.05) is 19.8 Å². The van der Waals surface area contributed by atoms with Crippen molar-refractivity contribution in [1.29, 1.82) is 0 Å². The van der Waals surface area contributed by atoms with Gasteiger partial charge in [-0.3, -0.25) is 4.79 Å². The van der Waals surface area contributed by atoms with Crippen LogP contribution in [0.3, 0.4) is 0 Å². The van der Waals surface area contributed by atoms with Gasteiger partial charge in [0, 0.05) is 30.3 Å². The van der Waals surface area contributed by atoms with E-state index in [2.05, 4.69) is 24.0 Å². The fourth-order valence-electron chi connectivity index (χ4n) is 2.91. The van der Waals surface area contributed by atoms with Crippen LogP contribution in [0.2, 0.25) is 0 Å². The number of hydrogen-bond donors (Lipinski definition) is 0. The number of carbonyl (C=O) groups excluding carboxylic acids is 1. The van der Waals surface area contributed by atoms with Crippen LogP contribution >= 0.6 is 0 Å². The standard InChI is InChI=1S/C16H23NO/c1-3-16(18)13-9-11-15(12-10-13)17(4-2)14-7-5-6-8-14/h9-12,14H,3-8H2,1-2H3. The van der Waals surface area contributed by atoms with Crippen molar-refractivity contribution in [2.24, 2.45) is 0 Å². The predicted molar refractivity (Wildman–Crippen MR) is 76.3 cm³/mol. The van der Waals surface area contributed by atoms with E-state index in [-0.39, 0.29) is 5.78 Å². The molecule has 18 heavy (non-hydrogen) atoms. The Morgan fingerprint density at radius 3 is 2.28 bits per heavy atom. The Kier molecular flexibility index (Phi) is 4.40. The molecule has 0 bridgehead atoms. The summed E-state index contributed by atoms with van der Waals surface area (Å²) in [6, 6.07) is 8.84. The van der Waals surface area contributed by atoms with Crippen molar-refractivity contribution in [3.8, 4) is 0 Å². The first-order chi connectivity index (χ1) is 8.76. The second-order valence-electron chi connectivity index (χ2n) is 5.05. The van der Waals surface area contributed by atoms with Gasteiger partial charge in [-0.2, -0.15) is 0 Å². The molecule has 98 valence electrons. The van der Waals surface area contributed by atoms with Crippen LogP contribution in [0, 0.1) is 0 Å². The number of anilines is 1. The first kappa shape index (κ1) is 13.1. The van der Waals surface area contributed by atoms with Gasteiger partial charge in [0.2, 0.25) is 0 Å². The topological polar surface area (TPSA) is 20.3 Å².